The molecule has 4 nitrogen and oxygen atoms in total. The van der Waals surface area contributed by atoms with Crippen molar-refractivity contribution >= 4 is 17.2 Å². The molecular formula is C12H19N3OS. The average Bonchev–Trinajstić information content (AvgIpc) is 2.96. The highest BCUT2D eigenvalue weighted by Gasteiger charge is 2.30. The zero-order valence-electron chi connectivity index (χ0n) is 10.3. The Bertz CT molecular complexity index is 366. The van der Waals surface area contributed by atoms with E-state index >= 15 is 0 Å². The molecule has 0 radical (unpaired) electrons. The van der Waals surface area contributed by atoms with Crippen LogP contribution >= 0.6 is 11.3 Å². The van der Waals surface area contributed by atoms with Gasteiger partial charge in [0.05, 0.1) is 12.0 Å². The fourth-order valence-electron chi connectivity index (χ4n) is 2.24. The molecule has 17 heavy (non-hydrogen) atoms. The van der Waals surface area contributed by atoms with Crippen LogP contribution in [0, 0.1) is 5.92 Å². The summed E-state index contributed by atoms with van der Waals surface area (Å²) in [7, 11) is 0. The highest BCUT2D eigenvalue weighted by Crippen LogP contribution is 2.21. The van der Waals surface area contributed by atoms with Crippen molar-refractivity contribution in [2.45, 2.75) is 38.8 Å². The number of carbonyl (C=O) groups excluding carboxylic acids is 1. The Morgan fingerprint density at radius 3 is 3.12 bits per heavy atom. The Morgan fingerprint density at radius 2 is 2.59 bits per heavy atom. The zero-order chi connectivity index (χ0) is 12.3. The van der Waals surface area contributed by atoms with Gasteiger partial charge in [-0.1, -0.05) is 6.92 Å². The van der Waals surface area contributed by atoms with Gasteiger partial charge in [0.1, 0.15) is 5.01 Å². The van der Waals surface area contributed by atoms with Gasteiger partial charge in [0.15, 0.2) is 0 Å². The smallest absolute Gasteiger partial charge is 0.225 e. The summed E-state index contributed by atoms with van der Waals surface area (Å²) in [6.45, 7) is 5.08. The standard InChI is InChI=1S/C12H19N3OS/c1-3-10(12-14-6-7-17-12)15-11(16)9-4-5-13-8(9)2/h6-10,13H,3-5H2,1-2H3,(H,15,16). The van der Waals surface area contributed by atoms with E-state index in [-0.39, 0.29) is 23.9 Å². The van der Waals surface area contributed by atoms with Crippen LogP contribution in [0.4, 0.5) is 0 Å². The van der Waals surface area contributed by atoms with Crippen LogP contribution in [0.1, 0.15) is 37.7 Å². The van der Waals surface area contributed by atoms with E-state index in [2.05, 4.69) is 29.5 Å². The van der Waals surface area contributed by atoms with Crippen LogP contribution in [0.2, 0.25) is 0 Å². The number of nitrogens with one attached hydrogen (secondary N) is 2. The largest absolute Gasteiger partial charge is 0.347 e. The van der Waals surface area contributed by atoms with Crippen LogP contribution in [0.15, 0.2) is 11.6 Å². The summed E-state index contributed by atoms with van der Waals surface area (Å²) in [5.74, 6) is 0.258. The first-order chi connectivity index (χ1) is 8.22. The number of thiazole rings is 1. The highest BCUT2D eigenvalue weighted by atomic mass is 32.1. The molecule has 2 N–H and O–H groups in total. The molecule has 2 heterocycles. The molecule has 3 unspecified atom stereocenters. The molecule has 1 fully saturated rings. The van der Waals surface area contributed by atoms with Crippen LogP contribution in [0.5, 0.6) is 0 Å². The van der Waals surface area contributed by atoms with Crippen molar-refractivity contribution in [3.05, 3.63) is 16.6 Å². The van der Waals surface area contributed by atoms with E-state index in [9.17, 15) is 4.79 Å². The van der Waals surface area contributed by atoms with Crippen LogP contribution in [-0.4, -0.2) is 23.5 Å². The predicted molar refractivity (Wildman–Crippen MR) is 68.9 cm³/mol. The third-order valence-electron chi connectivity index (χ3n) is 3.34. The van der Waals surface area contributed by atoms with Crippen LogP contribution < -0.4 is 10.6 Å². The first-order valence-electron chi connectivity index (χ1n) is 6.15. The second kappa shape index (κ2) is 5.60. The number of nitrogens with zero attached hydrogens (tertiary/aromatic N) is 1. The molecule has 1 amide bonds. The van der Waals surface area contributed by atoms with Crippen molar-refractivity contribution in [1.82, 2.24) is 15.6 Å². The van der Waals surface area contributed by atoms with Gasteiger partial charge in [-0.3, -0.25) is 4.79 Å². The Labute approximate surface area is 106 Å². The van der Waals surface area contributed by atoms with Crippen molar-refractivity contribution in [2.24, 2.45) is 5.92 Å². The van der Waals surface area contributed by atoms with Gasteiger partial charge in [0, 0.05) is 17.6 Å². The van der Waals surface area contributed by atoms with E-state index in [0.717, 1.165) is 24.4 Å². The van der Waals surface area contributed by atoms with Gasteiger partial charge in [-0.05, 0) is 26.3 Å². The maximum absolute atomic E-state index is 12.1. The number of carbonyl (C=O) groups is 1. The monoisotopic (exact) mass is 253 g/mol. The van der Waals surface area contributed by atoms with E-state index in [1.54, 1.807) is 17.5 Å². The number of rotatable bonds is 4. The number of amides is 1. The molecule has 1 aromatic rings. The molecule has 0 saturated carbocycles. The van der Waals surface area contributed by atoms with Crippen molar-refractivity contribution in [3.8, 4) is 0 Å². The van der Waals surface area contributed by atoms with Gasteiger partial charge in [-0.25, -0.2) is 4.98 Å². The fourth-order valence-corrected chi connectivity index (χ4v) is 3.01. The molecule has 0 bridgehead atoms. The van der Waals surface area contributed by atoms with Crippen LogP contribution in [-0.2, 0) is 4.79 Å². The minimum atomic E-state index is 0.0651. The molecule has 1 aromatic heterocycles. The third kappa shape index (κ3) is 2.84. The zero-order valence-corrected chi connectivity index (χ0v) is 11.1. The third-order valence-corrected chi connectivity index (χ3v) is 4.23. The van der Waals surface area contributed by atoms with Crippen molar-refractivity contribution in [2.75, 3.05) is 6.54 Å². The van der Waals surface area contributed by atoms with E-state index in [1.165, 1.54) is 0 Å². The summed E-state index contributed by atoms with van der Waals surface area (Å²) < 4.78 is 0. The quantitative estimate of drug-likeness (QED) is 0.859. The first-order valence-corrected chi connectivity index (χ1v) is 7.03. The Kier molecular flexibility index (Phi) is 4.12. The minimum absolute atomic E-state index is 0.0651. The molecule has 3 atom stereocenters. The molecule has 94 valence electrons. The van der Waals surface area contributed by atoms with E-state index in [1.807, 2.05) is 5.38 Å². The van der Waals surface area contributed by atoms with Crippen LogP contribution in [0.25, 0.3) is 0 Å². The molecule has 1 aliphatic rings. The minimum Gasteiger partial charge on any atom is -0.347 e. The maximum Gasteiger partial charge on any atom is 0.225 e. The van der Waals surface area contributed by atoms with Gasteiger partial charge in [0.25, 0.3) is 0 Å². The van der Waals surface area contributed by atoms with Crippen molar-refractivity contribution < 1.29 is 4.79 Å². The van der Waals surface area contributed by atoms with Gasteiger partial charge < -0.3 is 10.6 Å². The van der Waals surface area contributed by atoms with E-state index in [0.29, 0.717) is 0 Å². The fraction of sp³-hybridized carbons (Fsp3) is 0.667. The van der Waals surface area contributed by atoms with Gasteiger partial charge in [-0.15, -0.1) is 11.3 Å². The number of hydrogen-bond acceptors (Lipinski definition) is 4. The lowest BCUT2D eigenvalue weighted by molar-refractivity contribution is -0.125. The molecule has 0 aliphatic carbocycles. The second-order valence-corrected chi connectivity index (χ2v) is 5.40. The summed E-state index contributed by atoms with van der Waals surface area (Å²) in [6, 6.07) is 0.346. The molecule has 0 aromatic carbocycles. The van der Waals surface area contributed by atoms with Gasteiger partial charge in [0.2, 0.25) is 5.91 Å². The summed E-state index contributed by atoms with van der Waals surface area (Å²) in [5, 5.41) is 9.36. The predicted octanol–water partition coefficient (Wildman–Crippen LogP) is 1.71. The topological polar surface area (TPSA) is 54.0 Å². The normalized spacial score (nSPS) is 25.8. The lowest BCUT2D eigenvalue weighted by atomic mass is 10.0. The summed E-state index contributed by atoms with van der Waals surface area (Å²) in [6.07, 6.45) is 3.60. The molecule has 1 saturated heterocycles. The van der Waals surface area contributed by atoms with Crippen molar-refractivity contribution in [3.63, 3.8) is 0 Å². The number of aromatic nitrogens is 1. The van der Waals surface area contributed by atoms with Gasteiger partial charge >= 0.3 is 0 Å². The maximum atomic E-state index is 12.1. The lowest BCUT2D eigenvalue weighted by Gasteiger charge is -2.19. The lowest BCUT2D eigenvalue weighted by Crippen LogP contribution is -2.38. The molecule has 0 spiro atoms. The molecular weight excluding hydrogens is 234 g/mol. The van der Waals surface area contributed by atoms with Crippen molar-refractivity contribution in [1.29, 1.82) is 0 Å². The average molecular weight is 253 g/mol. The van der Waals surface area contributed by atoms with E-state index in [4.69, 9.17) is 0 Å². The SMILES string of the molecule is CCC(NC(=O)C1CCNC1C)c1nccs1. The molecule has 5 heteroatoms. The Morgan fingerprint density at radius 1 is 1.76 bits per heavy atom. The molecule has 2 rings (SSSR count). The number of hydrogen-bond donors (Lipinski definition) is 2. The summed E-state index contributed by atoms with van der Waals surface area (Å²) in [4.78, 5) is 16.4. The van der Waals surface area contributed by atoms with E-state index < -0.39 is 0 Å². The van der Waals surface area contributed by atoms with Gasteiger partial charge in [-0.2, -0.15) is 0 Å². The molecule has 1 aliphatic heterocycles. The van der Waals surface area contributed by atoms with Crippen LogP contribution in [0.3, 0.4) is 0 Å². The highest BCUT2D eigenvalue weighted by molar-refractivity contribution is 7.09. The second-order valence-electron chi connectivity index (χ2n) is 4.48. The summed E-state index contributed by atoms with van der Waals surface area (Å²) in [5.41, 5.74) is 0. The summed E-state index contributed by atoms with van der Waals surface area (Å²) >= 11 is 1.60. The first kappa shape index (κ1) is 12.5. The Balaban J connectivity index is 1.97. The Hall–Kier alpha value is -0.940.